The molecule has 0 unspecified atom stereocenters. The van der Waals surface area contributed by atoms with E-state index >= 15 is 0 Å². The topological polar surface area (TPSA) is 109 Å². The van der Waals surface area contributed by atoms with Crippen LogP contribution in [0.25, 0.3) is 0 Å². The van der Waals surface area contributed by atoms with Crippen LogP contribution < -0.4 is 21.5 Å². The maximum atomic E-state index is 12.1. The average Bonchev–Trinajstić information content (AvgIpc) is 2.68. The van der Waals surface area contributed by atoms with Crippen molar-refractivity contribution in [1.29, 1.82) is 0 Å². The van der Waals surface area contributed by atoms with E-state index < -0.39 is 0 Å². The average molecular weight is 349 g/mol. The highest BCUT2D eigenvalue weighted by atomic mass is 16.2. The summed E-state index contributed by atoms with van der Waals surface area (Å²) in [5, 5.41) is 0. The van der Waals surface area contributed by atoms with Crippen molar-refractivity contribution in [2.75, 3.05) is 23.1 Å². The third kappa shape index (κ3) is 4.04. The summed E-state index contributed by atoms with van der Waals surface area (Å²) in [6.45, 7) is 0.641. The Morgan fingerprint density at radius 3 is 2.58 bits per heavy atom. The first-order chi connectivity index (χ1) is 12.6. The van der Waals surface area contributed by atoms with E-state index in [9.17, 15) is 4.79 Å². The Balaban J connectivity index is 1.70. The minimum absolute atomic E-state index is 0.286. The molecule has 132 valence electrons. The lowest BCUT2D eigenvalue weighted by Crippen LogP contribution is -2.31. The second kappa shape index (κ2) is 7.93. The minimum Gasteiger partial charge on any atom is -0.393 e. The molecule has 0 saturated heterocycles. The molecule has 0 spiro atoms. The summed E-state index contributed by atoms with van der Waals surface area (Å²) < 4.78 is 0. The van der Waals surface area contributed by atoms with E-state index in [1.165, 1.54) is 6.33 Å². The highest BCUT2D eigenvalue weighted by Gasteiger charge is 2.13. The van der Waals surface area contributed by atoms with Gasteiger partial charge in [0.1, 0.15) is 17.7 Å². The van der Waals surface area contributed by atoms with Gasteiger partial charge >= 0.3 is 0 Å². The Morgan fingerprint density at radius 2 is 1.85 bits per heavy atom. The molecule has 0 bridgehead atoms. The molecular weight excluding hydrogens is 330 g/mol. The number of hydrazine groups is 1. The molecule has 0 radical (unpaired) electrons. The number of nitrogens with zero attached hydrogens (tertiary/aromatic N) is 4. The number of carbonyl (C=O) groups is 1. The first kappa shape index (κ1) is 17.2. The van der Waals surface area contributed by atoms with Crippen molar-refractivity contribution in [3.8, 4) is 0 Å². The number of hydrogen-bond acceptors (Lipinski definition) is 7. The van der Waals surface area contributed by atoms with Gasteiger partial charge in [0.2, 0.25) is 0 Å². The second-order valence-electron chi connectivity index (χ2n) is 5.60. The van der Waals surface area contributed by atoms with Gasteiger partial charge in [-0.1, -0.05) is 36.4 Å². The molecule has 8 heteroatoms. The SMILES string of the molecule is CN(Cc1ccccc1)c1ncnc(NNC(=O)c2ccccn2)c1N. The summed E-state index contributed by atoms with van der Waals surface area (Å²) in [7, 11) is 1.89. The number of amides is 1. The summed E-state index contributed by atoms with van der Waals surface area (Å²) in [6.07, 6.45) is 2.94. The fourth-order valence-electron chi connectivity index (χ4n) is 2.40. The van der Waals surface area contributed by atoms with Crippen LogP contribution in [0.15, 0.2) is 61.1 Å². The smallest absolute Gasteiger partial charge is 0.288 e. The molecule has 26 heavy (non-hydrogen) atoms. The predicted molar refractivity (Wildman–Crippen MR) is 100 cm³/mol. The molecule has 0 aliphatic carbocycles. The summed E-state index contributed by atoms with van der Waals surface area (Å²) in [5.41, 5.74) is 13.2. The lowest BCUT2D eigenvalue weighted by molar-refractivity contribution is 0.0957. The van der Waals surface area contributed by atoms with E-state index in [4.69, 9.17) is 5.73 Å². The maximum absolute atomic E-state index is 12.1. The van der Waals surface area contributed by atoms with Crippen LogP contribution >= 0.6 is 0 Å². The highest BCUT2D eigenvalue weighted by molar-refractivity contribution is 5.93. The third-order valence-corrected chi connectivity index (χ3v) is 3.68. The largest absolute Gasteiger partial charge is 0.393 e. The maximum Gasteiger partial charge on any atom is 0.288 e. The van der Waals surface area contributed by atoms with E-state index in [0.29, 0.717) is 23.9 Å². The Kier molecular flexibility index (Phi) is 5.23. The van der Waals surface area contributed by atoms with Crippen molar-refractivity contribution < 1.29 is 4.79 Å². The fraction of sp³-hybridized carbons (Fsp3) is 0.111. The van der Waals surface area contributed by atoms with E-state index in [-0.39, 0.29) is 11.6 Å². The first-order valence-corrected chi connectivity index (χ1v) is 7.98. The Morgan fingerprint density at radius 1 is 1.08 bits per heavy atom. The molecule has 3 aromatic rings. The molecule has 1 amide bonds. The zero-order chi connectivity index (χ0) is 18.4. The lowest BCUT2D eigenvalue weighted by atomic mass is 10.2. The zero-order valence-electron chi connectivity index (χ0n) is 14.3. The number of anilines is 3. The molecular formula is C18H19N7O. The highest BCUT2D eigenvalue weighted by Crippen LogP contribution is 2.25. The quantitative estimate of drug-likeness (QED) is 0.583. The monoisotopic (exact) mass is 349 g/mol. The van der Waals surface area contributed by atoms with Gasteiger partial charge in [-0.15, -0.1) is 0 Å². The van der Waals surface area contributed by atoms with Gasteiger partial charge in [-0.05, 0) is 17.7 Å². The first-order valence-electron chi connectivity index (χ1n) is 7.98. The van der Waals surface area contributed by atoms with Crippen molar-refractivity contribution >= 4 is 23.2 Å². The van der Waals surface area contributed by atoms with Crippen LogP contribution in [-0.2, 0) is 6.54 Å². The molecule has 0 atom stereocenters. The van der Waals surface area contributed by atoms with Gasteiger partial charge in [-0.3, -0.25) is 20.6 Å². The van der Waals surface area contributed by atoms with Crippen molar-refractivity contribution in [1.82, 2.24) is 20.4 Å². The number of hydrogen-bond donors (Lipinski definition) is 3. The van der Waals surface area contributed by atoms with E-state index in [1.54, 1.807) is 24.4 Å². The lowest BCUT2D eigenvalue weighted by Gasteiger charge is -2.21. The molecule has 0 aliphatic heterocycles. The second-order valence-corrected chi connectivity index (χ2v) is 5.60. The molecule has 4 N–H and O–H groups in total. The Hall–Kier alpha value is -3.68. The molecule has 2 aromatic heterocycles. The third-order valence-electron chi connectivity index (χ3n) is 3.68. The molecule has 0 fully saturated rings. The normalized spacial score (nSPS) is 10.2. The molecule has 2 heterocycles. The summed E-state index contributed by atoms with van der Waals surface area (Å²) in [4.78, 5) is 26.3. The van der Waals surface area contributed by atoms with Gasteiger partial charge in [0.05, 0.1) is 0 Å². The Labute approximate surface area is 151 Å². The van der Waals surface area contributed by atoms with Crippen LogP contribution in [0.2, 0.25) is 0 Å². The van der Waals surface area contributed by atoms with Crippen LogP contribution in [0.3, 0.4) is 0 Å². The molecule has 8 nitrogen and oxygen atoms in total. The van der Waals surface area contributed by atoms with Crippen LogP contribution in [0.4, 0.5) is 17.3 Å². The van der Waals surface area contributed by atoms with Crippen molar-refractivity contribution in [2.45, 2.75) is 6.54 Å². The summed E-state index contributed by atoms with van der Waals surface area (Å²) in [6, 6.07) is 15.1. The zero-order valence-corrected chi connectivity index (χ0v) is 14.3. The van der Waals surface area contributed by atoms with Crippen LogP contribution in [0, 0.1) is 0 Å². The number of nitrogens with one attached hydrogen (secondary N) is 2. The van der Waals surface area contributed by atoms with E-state index in [1.807, 2.05) is 42.3 Å². The van der Waals surface area contributed by atoms with Gasteiger partial charge < -0.3 is 10.6 Å². The van der Waals surface area contributed by atoms with Crippen LogP contribution in [0.5, 0.6) is 0 Å². The minimum atomic E-state index is -0.386. The van der Waals surface area contributed by atoms with Gasteiger partial charge in [-0.2, -0.15) is 0 Å². The van der Waals surface area contributed by atoms with E-state index in [0.717, 1.165) is 5.56 Å². The van der Waals surface area contributed by atoms with Gasteiger partial charge in [0, 0.05) is 19.8 Å². The number of nitrogen functional groups attached to an aromatic ring is 1. The number of nitrogens with two attached hydrogens (primary N) is 1. The number of benzene rings is 1. The van der Waals surface area contributed by atoms with Gasteiger partial charge in [0.25, 0.3) is 5.91 Å². The predicted octanol–water partition coefficient (Wildman–Crippen LogP) is 1.85. The van der Waals surface area contributed by atoms with Crippen molar-refractivity contribution in [3.63, 3.8) is 0 Å². The van der Waals surface area contributed by atoms with Crippen molar-refractivity contribution in [2.24, 2.45) is 0 Å². The fourth-order valence-corrected chi connectivity index (χ4v) is 2.40. The van der Waals surface area contributed by atoms with E-state index in [2.05, 4.69) is 25.8 Å². The Bertz CT molecular complexity index is 871. The summed E-state index contributed by atoms with van der Waals surface area (Å²) >= 11 is 0. The molecule has 3 rings (SSSR count). The summed E-state index contributed by atoms with van der Waals surface area (Å²) in [5.74, 6) is 0.500. The number of rotatable bonds is 6. The van der Waals surface area contributed by atoms with Crippen LogP contribution in [-0.4, -0.2) is 27.9 Å². The van der Waals surface area contributed by atoms with Gasteiger partial charge in [-0.25, -0.2) is 9.97 Å². The standard InChI is InChI=1S/C18H19N7O/c1-25(11-13-7-3-2-4-8-13)17-15(19)16(21-12-22-17)23-24-18(26)14-9-5-6-10-20-14/h2-10,12H,11,19H2,1H3,(H,24,26)(H,21,22,23). The van der Waals surface area contributed by atoms with Crippen molar-refractivity contribution in [3.05, 3.63) is 72.3 Å². The molecule has 1 aromatic carbocycles. The number of pyridine rings is 1. The molecule has 0 saturated carbocycles. The number of carbonyl (C=O) groups excluding carboxylic acids is 1. The number of aromatic nitrogens is 3. The molecule has 0 aliphatic rings. The van der Waals surface area contributed by atoms with Crippen LogP contribution in [0.1, 0.15) is 16.1 Å². The van der Waals surface area contributed by atoms with Gasteiger partial charge in [0.15, 0.2) is 11.6 Å².